The summed E-state index contributed by atoms with van der Waals surface area (Å²) in [5.41, 5.74) is 4.52. The van der Waals surface area contributed by atoms with Gasteiger partial charge in [0.05, 0.1) is 11.4 Å². The van der Waals surface area contributed by atoms with Crippen molar-refractivity contribution in [1.82, 2.24) is 25.3 Å². The van der Waals surface area contributed by atoms with Crippen molar-refractivity contribution in [1.29, 1.82) is 0 Å². The molecule has 0 unspecified atom stereocenters. The molecule has 162 valence electrons. The van der Waals surface area contributed by atoms with Crippen LogP contribution in [-0.2, 0) is 6.54 Å². The molecule has 1 aromatic carbocycles. The van der Waals surface area contributed by atoms with Crippen LogP contribution in [0.1, 0.15) is 55.5 Å². The number of nitrogens with zero attached hydrogens (tertiary/aromatic N) is 4. The van der Waals surface area contributed by atoms with Crippen LogP contribution >= 0.6 is 0 Å². The summed E-state index contributed by atoms with van der Waals surface area (Å²) in [6.45, 7) is 7.27. The van der Waals surface area contributed by atoms with Crippen LogP contribution < -0.4 is 10.6 Å². The molecule has 2 fully saturated rings. The molecule has 1 aliphatic heterocycles. The molecule has 0 bridgehead atoms. The second-order valence-electron chi connectivity index (χ2n) is 8.79. The molecule has 1 aliphatic carbocycles. The highest BCUT2D eigenvalue weighted by atomic mass is 15.3. The van der Waals surface area contributed by atoms with Crippen molar-refractivity contribution in [2.24, 2.45) is 4.99 Å². The highest BCUT2D eigenvalue weighted by molar-refractivity contribution is 5.80. The number of guanidine groups is 1. The number of nitrogens with one attached hydrogen (secondary N) is 2. The summed E-state index contributed by atoms with van der Waals surface area (Å²) in [6.07, 6.45) is 8.02. The van der Waals surface area contributed by atoms with E-state index in [0.29, 0.717) is 6.04 Å². The number of benzene rings is 1. The predicted octanol–water partition coefficient (Wildman–Crippen LogP) is 3.56. The lowest BCUT2D eigenvalue weighted by Gasteiger charge is -2.36. The molecule has 0 amide bonds. The van der Waals surface area contributed by atoms with Gasteiger partial charge in [-0.05, 0) is 57.2 Å². The topological polar surface area (TPSA) is 57.5 Å². The van der Waals surface area contributed by atoms with Gasteiger partial charge < -0.3 is 15.5 Å². The van der Waals surface area contributed by atoms with E-state index in [4.69, 9.17) is 0 Å². The second kappa shape index (κ2) is 9.65. The first-order valence-corrected chi connectivity index (χ1v) is 11.5. The Hall–Kier alpha value is -2.34. The SMILES string of the molecule is CN=C(NCc1ccccc1-n1nc(C)cc1C)NC1CCN(C2CCCC2)CC1. The van der Waals surface area contributed by atoms with Gasteiger partial charge in [0.25, 0.3) is 0 Å². The van der Waals surface area contributed by atoms with E-state index in [9.17, 15) is 0 Å². The maximum absolute atomic E-state index is 4.66. The van der Waals surface area contributed by atoms with E-state index in [-0.39, 0.29) is 0 Å². The van der Waals surface area contributed by atoms with E-state index in [1.54, 1.807) is 0 Å². The van der Waals surface area contributed by atoms with Crippen LogP contribution in [0.25, 0.3) is 5.69 Å². The molecular weight excluding hydrogens is 372 g/mol. The normalized spacial score (nSPS) is 19.4. The molecule has 1 saturated carbocycles. The van der Waals surface area contributed by atoms with Crippen molar-refractivity contribution in [3.63, 3.8) is 0 Å². The summed E-state index contributed by atoms with van der Waals surface area (Å²) < 4.78 is 2.03. The Morgan fingerprint density at radius 2 is 1.83 bits per heavy atom. The first kappa shape index (κ1) is 20.9. The molecule has 2 aromatic rings. The quantitative estimate of drug-likeness (QED) is 0.587. The summed E-state index contributed by atoms with van der Waals surface area (Å²) in [5.74, 6) is 0.887. The predicted molar refractivity (Wildman–Crippen MR) is 123 cm³/mol. The Morgan fingerprint density at radius 1 is 1.10 bits per heavy atom. The molecule has 4 rings (SSSR count). The van der Waals surface area contributed by atoms with Crippen molar-refractivity contribution in [2.75, 3.05) is 20.1 Å². The minimum absolute atomic E-state index is 0.500. The average Bonchev–Trinajstić information content (AvgIpc) is 3.41. The second-order valence-corrected chi connectivity index (χ2v) is 8.79. The summed E-state index contributed by atoms with van der Waals surface area (Å²) in [7, 11) is 1.86. The minimum atomic E-state index is 0.500. The van der Waals surface area contributed by atoms with E-state index in [1.807, 2.05) is 18.7 Å². The Bertz CT molecular complexity index is 856. The average molecular weight is 409 g/mol. The maximum Gasteiger partial charge on any atom is 0.191 e. The lowest BCUT2D eigenvalue weighted by molar-refractivity contribution is 0.150. The van der Waals surface area contributed by atoms with Gasteiger partial charge in [0, 0.05) is 44.5 Å². The van der Waals surface area contributed by atoms with E-state index in [2.05, 4.69) is 62.9 Å². The lowest BCUT2D eigenvalue weighted by Crippen LogP contribution is -2.50. The number of aromatic nitrogens is 2. The number of rotatable bonds is 5. The van der Waals surface area contributed by atoms with Gasteiger partial charge >= 0.3 is 0 Å². The molecule has 6 nitrogen and oxygen atoms in total. The van der Waals surface area contributed by atoms with Gasteiger partial charge in [0.1, 0.15) is 0 Å². The number of para-hydroxylation sites is 1. The van der Waals surface area contributed by atoms with Gasteiger partial charge in [0.2, 0.25) is 0 Å². The van der Waals surface area contributed by atoms with Crippen molar-refractivity contribution in [3.05, 3.63) is 47.3 Å². The molecule has 2 aliphatic rings. The fourth-order valence-corrected chi connectivity index (χ4v) is 4.99. The molecule has 30 heavy (non-hydrogen) atoms. The standard InChI is InChI=1S/C24H36N6/c1-18-16-19(2)30(28-18)23-11-7-4-8-20(23)17-26-24(25-3)27-21-12-14-29(15-13-21)22-9-5-6-10-22/h4,7-8,11,16,21-22H,5-6,9-10,12-15,17H2,1-3H3,(H2,25,26,27). The fourth-order valence-electron chi connectivity index (χ4n) is 4.99. The van der Waals surface area contributed by atoms with Crippen molar-refractivity contribution >= 4 is 5.96 Å². The van der Waals surface area contributed by atoms with E-state index < -0.39 is 0 Å². The lowest BCUT2D eigenvalue weighted by atomic mass is 10.0. The zero-order valence-corrected chi connectivity index (χ0v) is 18.7. The smallest absolute Gasteiger partial charge is 0.191 e. The van der Waals surface area contributed by atoms with Gasteiger partial charge in [-0.15, -0.1) is 0 Å². The minimum Gasteiger partial charge on any atom is -0.354 e. The van der Waals surface area contributed by atoms with Crippen LogP contribution in [0.4, 0.5) is 0 Å². The highest BCUT2D eigenvalue weighted by Crippen LogP contribution is 2.26. The number of likely N-dealkylation sites (tertiary alicyclic amines) is 1. The Morgan fingerprint density at radius 3 is 2.50 bits per heavy atom. The summed E-state index contributed by atoms with van der Waals surface area (Å²) in [6, 6.07) is 11.9. The highest BCUT2D eigenvalue weighted by Gasteiger charge is 2.27. The van der Waals surface area contributed by atoms with Gasteiger partial charge in [-0.25, -0.2) is 4.68 Å². The van der Waals surface area contributed by atoms with Gasteiger partial charge in [-0.3, -0.25) is 4.99 Å². The van der Waals surface area contributed by atoms with Crippen LogP contribution in [-0.4, -0.2) is 52.9 Å². The molecule has 1 aromatic heterocycles. The van der Waals surface area contributed by atoms with Crippen molar-refractivity contribution in [3.8, 4) is 5.69 Å². The van der Waals surface area contributed by atoms with Crippen LogP contribution in [0, 0.1) is 13.8 Å². The Labute approximate surface area is 180 Å². The zero-order chi connectivity index (χ0) is 20.9. The third kappa shape index (κ3) is 4.86. The number of piperidine rings is 1. The number of hydrogen-bond donors (Lipinski definition) is 2. The first-order valence-electron chi connectivity index (χ1n) is 11.5. The van der Waals surface area contributed by atoms with Crippen LogP contribution in [0.5, 0.6) is 0 Å². The third-order valence-electron chi connectivity index (χ3n) is 6.61. The monoisotopic (exact) mass is 408 g/mol. The van der Waals surface area contributed by atoms with Crippen molar-refractivity contribution < 1.29 is 0 Å². The molecule has 0 atom stereocenters. The Kier molecular flexibility index (Phi) is 6.72. The summed E-state index contributed by atoms with van der Waals surface area (Å²) in [5, 5.41) is 11.8. The molecule has 6 heteroatoms. The number of aliphatic imine (C=N–C) groups is 1. The van der Waals surface area contributed by atoms with E-state index >= 15 is 0 Å². The van der Waals surface area contributed by atoms with Crippen LogP contribution in [0.15, 0.2) is 35.3 Å². The summed E-state index contributed by atoms with van der Waals surface area (Å²) >= 11 is 0. The van der Waals surface area contributed by atoms with Gasteiger partial charge in [-0.1, -0.05) is 31.0 Å². The third-order valence-corrected chi connectivity index (χ3v) is 6.61. The van der Waals surface area contributed by atoms with E-state index in [0.717, 1.165) is 35.6 Å². The number of hydrogen-bond acceptors (Lipinski definition) is 3. The molecule has 2 N–H and O–H groups in total. The molecule has 1 saturated heterocycles. The maximum atomic E-state index is 4.66. The molecular formula is C24H36N6. The molecule has 0 radical (unpaired) electrons. The largest absolute Gasteiger partial charge is 0.354 e. The van der Waals surface area contributed by atoms with Crippen LogP contribution in [0.3, 0.4) is 0 Å². The summed E-state index contributed by atoms with van der Waals surface area (Å²) in [4.78, 5) is 7.19. The fraction of sp³-hybridized carbons (Fsp3) is 0.583. The molecule has 2 heterocycles. The van der Waals surface area contributed by atoms with E-state index in [1.165, 1.54) is 57.2 Å². The van der Waals surface area contributed by atoms with Gasteiger partial charge in [0.15, 0.2) is 5.96 Å². The number of aryl methyl sites for hydroxylation is 2. The van der Waals surface area contributed by atoms with Crippen molar-refractivity contribution in [2.45, 2.75) is 71.0 Å². The zero-order valence-electron chi connectivity index (χ0n) is 18.7. The van der Waals surface area contributed by atoms with Crippen LogP contribution in [0.2, 0.25) is 0 Å². The first-order chi connectivity index (χ1) is 14.6. The molecule has 0 spiro atoms. The Balaban J connectivity index is 1.33. The van der Waals surface area contributed by atoms with Gasteiger partial charge in [-0.2, -0.15) is 5.10 Å².